The molecule has 2 unspecified atom stereocenters. The second-order valence-corrected chi connectivity index (χ2v) is 5.57. The van der Waals surface area contributed by atoms with Crippen LogP contribution in [0.1, 0.15) is 26.7 Å². The molecule has 0 spiro atoms. The second kappa shape index (κ2) is 5.77. The molecule has 19 heavy (non-hydrogen) atoms. The van der Waals surface area contributed by atoms with Crippen LogP contribution in [-0.2, 0) is 9.53 Å². The number of rotatable bonds is 2. The SMILES string of the molecule is CC(C)C1CCCN1C(=O)N1CCOC(C(=O)O)C1. The molecule has 1 N–H and O–H groups in total. The number of carbonyl (C=O) groups excluding carboxylic acids is 1. The van der Waals surface area contributed by atoms with Crippen molar-refractivity contribution in [2.24, 2.45) is 5.92 Å². The molecule has 0 aromatic rings. The third kappa shape index (κ3) is 3.00. The quantitative estimate of drug-likeness (QED) is 0.813. The fourth-order valence-electron chi connectivity index (χ4n) is 2.88. The van der Waals surface area contributed by atoms with Crippen LogP contribution in [0.2, 0.25) is 0 Å². The maximum Gasteiger partial charge on any atom is 0.334 e. The van der Waals surface area contributed by atoms with E-state index in [0.29, 0.717) is 19.1 Å². The molecule has 2 aliphatic heterocycles. The Morgan fingerprint density at radius 3 is 2.68 bits per heavy atom. The molecule has 2 rings (SSSR count). The molecule has 2 fully saturated rings. The Kier molecular flexibility index (Phi) is 4.29. The fourth-order valence-corrected chi connectivity index (χ4v) is 2.88. The summed E-state index contributed by atoms with van der Waals surface area (Å²) in [7, 11) is 0. The smallest absolute Gasteiger partial charge is 0.334 e. The zero-order valence-corrected chi connectivity index (χ0v) is 11.5. The Morgan fingerprint density at radius 2 is 2.05 bits per heavy atom. The first-order chi connectivity index (χ1) is 9.00. The summed E-state index contributed by atoms with van der Waals surface area (Å²) in [5, 5.41) is 8.97. The van der Waals surface area contributed by atoms with Crippen molar-refractivity contribution in [3.05, 3.63) is 0 Å². The first-order valence-corrected chi connectivity index (χ1v) is 6.90. The number of amides is 2. The Balaban J connectivity index is 2.00. The number of urea groups is 1. The van der Waals surface area contributed by atoms with E-state index in [9.17, 15) is 9.59 Å². The van der Waals surface area contributed by atoms with Gasteiger partial charge < -0.3 is 19.6 Å². The maximum atomic E-state index is 12.5. The summed E-state index contributed by atoms with van der Waals surface area (Å²) in [5.74, 6) is -0.568. The number of carbonyl (C=O) groups is 2. The summed E-state index contributed by atoms with van der Waals surface area (Å²) in [6, 6.07) is 0.240. The number of morpholine rings is 1. The van der Waals surface area contributed by atoms with Gasteiger partial charge >= 0.3 is 12.0 Å². The lowest BCUT2D eigenvalue weighted by Gasteiger charge is -2.36. The highest BCUT2D eigenvalue weighted by molar-refractivity contribution is 5.78. The van der Waals surface area contributed by atoms with E-state index in [4.69, 9.17) is 9.84 Å². The molecule has 2 heterocycles. The molecule has 0 aromatic carbocycles. The average molecular weight is 270 g/mol. The fraction of sp³-hybridized carbons (Fsp3) is 0.846. The largest absolute Gasteiger partial charge is 0.479 e. The van der Waals surface area contributed by atoms with Gasteiger partial charge in [-0.05, 0) is 18.8 Å². The molecular formula is C13H22N2O4. The molecule has 108 valence electrons. The summed E-state index contributed by atoms with van der Waals surface area (Å²) in [6.45, 7) is 5.93. The molecule has 0 radical (unpaired) electrons. The van der Waals surface area contributed by atoms with Crippen LogP contribution in [0.5, 0.6) is 0 Å². The first kappa shape index (κ1) is 14.1. The van der Waals surface area contributed by atoms with Gasteiger partial charge in [0.25, 0.3) is 0 Å². The zero-order chi connectivity index (χ0) is 14.0. The highest BCUT2D eigenvalue weighted by Gasteiger charge is 2.36. The molecule has 2 saturated heterocycles. The predicted octanol–water partition coefficient (Wildman–Crippen LogP) is 1.01. The molecule has 6 nitrogen and oxygen atoms in total. The Labute approximate surface area is 113 Å². The highest BCUT2D eigenvalue weighted by Crippen LogP contribution is 2.25. The molecule has 2 atom stereocenters. The number of hydrogen-bond acceptors (Lipinski definition) is 3. The third-order valence-electron chi connectivity index (χ3n) is 3.93. The van der Waals surface area contributed by atoms with Crippen LogP contribution in [0.25, 0.3) is 0 Å². The predicted molar refractivity (Wildman–Crippen MR) is 68.9 cm³/mol. The lowest BCUT2D eigenvalue weighted by molar-refractivity contribution is -0.154. The Bertz CT molecular complexity index is 359. The van der Waals surface area contributed by atoms with Gasteiger partial charge in [-0.25, -0.2) is 9.59 Å². The zero-order valence-electron chi connectivity index (χ0n) is 11.5. The van der Waals surface area contributed by atoms with Crippen LogP contribution in [0.15, 0.2) is 0 Å². The molecule has 0 aliphatic carbocycles. The number of carboxylic acid groups (broad SMARTS) is 1. The summed E-state index contributed by atoms with van der Waals surface area (Å²) < 4.78 is 5.14. The van der Waals surface area contributed by atoms with Crippen LogP contribution < -0.4 is 0 Å². The van der Waals surface area contributed by atoms with Crippen LogP contribution in [0.4, 0.5) is 4.79 Å². The standard InChI is InChI=1S/C13H22N2O4/c1-9(2)10-4-3-5-15(10)13(18)14-6-7-19-11(8-14)12(16)17/h9-11H,3-8H2,1-2H3,(H,16,17). The van der Waals surface area contributed by atoms with Crippen molar-refractivity contribution in [1.82, 2.24) is 9.80 Å². The Hall–Kier alpha value is -1.30. The van der Waals surface area contributed by atoms with Gasteiger partial charge in [-0.15, -0.1) is 0 Å². The van der Waals surface area contributed by atoms with E-state index >= 15 is 0 Å². The van der Waals surface area contributed by atoms with Gasteiger partial charge in [0.15, 0.2) is 6.10 Å². The number of ether oxygens (including phenoxy) is 1. The van der Waals surface area contributed by atoms with E-state index in [1.54, 1.807) is 4.90 Å². The van der Waals surface area contributed by atoms with Crippen molar-refractivity contribution in [2.45, 2.75) is 38.8 Å². The molecular weight excluding hydrogens is 248 g/mol. The molecule has 6 heteroatoms. The normalized spacial score (nSPS) is 27.9. The van der Waals surface area contributed by atoms with Crippen LogP contribution >= 0.6 is 0 Å². The van der Waals surface area contributed by atoms with Crippen molar-refractivity contribution in [3.63, 3.8) is 0 Å². The van der Waals surface area contributed by atoms with E-state index in [0.717, 1.165) is 19.4 Å². The van der Waals surface area contributed by atoms with Crippen molar-refractivity contribution < 1.29 is 19.4 Å². The third-order valence-corrected chi connectivity index (χ3v) is 3.93. The lowest BCUT2D eigenvalue weighted by atomic mass is 10.0. The average Bonchev–Trinajstić information content (AvgIpc) is 2.87. The van der Waals surface area contributed by atoms with E-state index < -0.39 is 12.1 Å². The van der Waals surface area contributed by atoms with Gasteiger partial charge in [-0.3, -0.25) is 0 Å². The van der Waals surface area contributed by atoms with Crippen LogP contribution in [0.3, 0.4) is 0 Å². The number of hydrogen-bond donors (Lipinski definition) is 1. The van der Waals surface area contributed by atoms with Gasteiger partial charge in [0.1, 0.15) is 0 Å². The minimum absolute atomic E-state index is 0.0363. The lowest BCUT2D eigenvalue weighted by Crippen LogP contribution is -2.54. The van der Waals surface area contributed by atoms with E-state index in [2.05, 4.69) is 13.8 Å². The molecule has 2 amide bonds. The molecule has 0 saturated carbocycles. The van der Waals surface area contributed by atoms with Gasteiger partial charge in [0, 0.05) is 19.1 Å². The summed E-state index contributed by atoms with van der Waals surface area (Å²) in [5.41, 5.74) is 0. The number of carboxylic acids is 1. The topological polar surface area (TPSA) is 70.1 Å². The van der Waals surface area contributed by atoms with Gasteiger partial charge in [0.05, 0.1) is 13.2 Å². The van der Waals surface area contributed by atoms with Gasteiger partial charge in [-0.2, -0.15) is 0 Å². The minimum atomic E-state index is -1.00. The highest BCUT2D eigenvalue weighted by atomic mass is 16.5. The van der Waals surface area contributed by atoms with Crippen molar-refractivity contribution in [2.75, 3.05) is 26.2 Å². The Morgan fingerprint density at radius 1 is 1.32 bits per heavy atom. The van der Waals surface area contributed by atoms with Gasteiger partial charge in [0.2, 0.25) is 0 Å². The van der Waals surface area contributed by atoms with E-state index in [1.165, 1.54) is 0 Å². The van der Waals surface area contributed by atoms with E-state index in [1.807, 2.05) is 4.90 Å². The van der Waals surface area contributed by atoms with Gasteiger partial charge in [-0.1, -0.05) is 13.8 Å². The monoisotopic (exact) mass is 270 g/mol. The minimum Gasteiger partial charge on any atom is -0.479 e. The maximum absolute atomic E-state index is 12.5. The molecule has 2 aliphatic rings. The van der Waals surface area contributed by atoms with Crippen molar-refractivity contribution in [1.29, 1.82) is 0 Å². The molecule has 0 bridgehead atoms. The second-order valence-electron chi connectivity index (χ2n) is 5.57. The number of nitrogens with zero attached hydrogens (tertiary/aromatic N) is 2. The first-order valence-electron chi connectivity index (χ1n) is 6.90. The summed E-state index contributed by atoms with van der Waals surface area (Å²) >= 11 is 0. The molecule has 0 aromatic heterocycles. The number of likely N-dealkylation sites (tertiary alicyclic amines) is 1. The summed E-state index contributed by atoms with van der Waals surface area (Å²) in [6.07, 6.45) is 1.18. The van der Waals surface area contributed by atoms with Crippen molar-refractivity contribution in [3.8, 4) is 0 Å². The van der Waals surface area contributed by atoms with Crippen LogP contribution in [-0.4, -0.2) is 65.3 Å². The number of aliphatic carboxylic acids is 1. The van der Waals surface area contributed by atoms with Crippen LogP contribution in [0, 0.1) is 5.92 Å². The van der Waals surface area contributed by atoms with Crippen molar-refractivity contribution >= 4 is 12.0 Å². The summed E-state index contributed by atoms with van der Waals surface area (Å²) in [4.78, 5) is 26.9. The van der Waals surface area contributed by atoms with E-state index in [-0.39, 0.29) is 18.6 Å².